The number of hydrogen-bond acceptors (Lipinski definition) is 4. The minimum Gasteiger partial charge on any atom is -0.370 e. The second kappa shape index (κ2) is 9.69. The van der Waals surface area contributed by atoms with Gasteiger partial charge in [0, 0.05) is 6.42 Å². The first-order valence-electron chi connectivity index (χ1n) is 10.7. The smallest absolute Gasteiger partial charge is 0.229 e. The van der Waals surface area contributed by atoms with Crippen molar-refractivity contribution in [1.29, 1.82) is 0 Å². The van der Waals surface area contributed by atoms with Crippen molar-refractivity contribution in [3.8, 4) is 0 Å². The predicted molar refractivity (Wildman–Crippen MR) is 123 cm³/mol. The van der Waals surface area contributed by atoms with E-state index in [0.717, 1.165) is 49.9 Å². The molecule has 2 aromatic carbocycles. The molecule has 1 fully saturated rings. The highest BCUT2D eigenvalue weighted by Gasteiger charge is 2.23. The molecule has 6 heteroatoms. The molecule has 0 saturated carbocycles. The summed E-state index contributed by atoms with van der Waals surface area (Å²) >= 11 is 1.64. The van der Waals surface area contributed by atoms with E-state index < -0.39 is 0 Å². The van der Waals surface area contributed by atoms with E-state index in [4.69, 9.17) is 9.72 Å². The van der Waals surface area contributed by atoms with Crippen LogP contribution in [-0.4, -0.2) is 50.3 Å². The molecule has 3 aromatic rings. The highest BCUT2D eigenvalue weighted by molar-refractivity contribution is 7.22. The average molecular weight is 425 g/mol. The fourth-order valence-electron chi connectivity index (χ4n) is 4.02. The number of ether oxygens (including phenoxy) is 1. The summed E-state index contributed by atoms with van der Waals surface area (Å²) in [5.41, 5.74) is 4.62. The summed E-state index contributed by atoms with van der Waals surface area (Å²) in [6.45, 7) is 9.45. The number of anilines is 1. The molecule has 1 aromatic heterocycles. The van der Waals surface area contributed by atoms with Crippen LogP contribution in [0.25, 0.3) is 10.2 Å². The molecule has 1 aliphatic rings. The summed E-state index contributed by atoms with van der Waals surface area (Å²) in [5, 5.41) is 0.824. The highest BCUT2D eigenvalue weighted by Crippen LogP contribution is 2.32. The number of thiazole rings is 1. The van der Waals surface area contributed by atoms with Gasteiger partial charge in [0.05, 0.1) is 36.5 Å². The van der Waals surface area contributed by atoms with Crippen molar-refractivity contribution < 1.29 is 14.4 Å². The maximum absolute atomic E-state index is 13.3. The fourth-order valence-corrected chi connectivity index (χ4v) is 5.08. The third-order valence-electron chi connectivity index (χ3n) is 5.70. The van der Waals surface area contributed by atoms with Crippen LogP contribution in [0.1, 0.15) is 23.1 Å². The van der Waals surface area contributed by atoms with Crippen LogP contribution in [0.3, 0.4) is 0 Å². The van der Waals surface area contributed by atoms with Crippen molar-refractivity contribution in [1.82, 2.24) is 4.98 Å². The number of nitrogens with one attached hydrogen (secondary N) is 1. The number of benzene rings is 2. The molecule has 1 amide bonds. The van der Waals surface area contributed by atoms with E-state index in [2.05, 4.69) is 38.1 Å². The van der Waals surface area contributed by atoms with Crippen LogP contribution in [0, 0.1) is 13.8 Å². The van der Waals surface area contributed by atoms with E-state index in [9.17, 15) is 4.79 Å². The molecule has 0 radical (unpaired) electrons. The maximum atomic E-state index is 13.3. The van der Waals surface area contributed by atoms with E-state index in [1.807, 2.05) is 23.1 Å². The summed E-state index contributed by atoms with van der Waals surface area (Å²) in [5.74, 6) is 0.153. The molecule has 4 rings (SSSR count). The molecular weight excluding hydrogens is 394 g/mol. The molecule has 0 spiro atoms. The van der Waals surface area contributed by atoms with Crippen LogP contribution in [0.2, 0.25) is 0 Å². The Bertz CT molecular complexity index is 996. The van der Waals surface area contributed by atoms with Crippen LogP contribution in [0.4, 0.5) is 5.13 Å². The third kappa shape index (κ3) is 5.06. The van der Waals surface area contributed by atoms with Gasteiger partial charge in [-0.1, -0.05) is 47.7 Å². The lowest BCUT2D eigenvalue weighted by Gasteiger charge is -2.27. The SMILES string of the molecule is Cc1cc(C)c2sc(N(CC[NH+]3CCOCC3)C(=O)CCc3ccccc3)nc2c1. The number of aromatic nitrogens is 1. The van der Waals surface area contributed by atoms with Gasteiger partial charge in [-0.2, -0.15) is 0 Å². The van der Waals surface area contributed by atoms with Gasteiger partial charge in [0.2, 0.25) is 5.91 Å². The number of amides is 1. The van der Waals surface area contributed by atoms with Crippen LogP contribution in [-0.2, 0) is 16.0 Å². The van der Waals surface area contributed by atoms with Crippen LogP contribution < -0.4 is 9.80 Å². The van der Waals surface area contributed by atoms with Crippen molar-refractivity contribution >= 4 is 32.6 Å². The van der Waals surface area contributed by atoms with E-state index >= 15 is 0 Å². The second-order valence-electron chi connectivity index (χ2n) is 8.07. The van der Waals surface area contributed by atoms with Crippen LogP contribution in [0.15, 0.2) is 42.5 Å². The topological polar surface area (TPSA) is 46.9 Å². The average Bonchev–Trinajstić information content (AvgIpc) is 3.18. The quantitative estimate of drug-likeness (QED) is 0.635. The predicted octanol–water partition coefficient (Wildman–Crippen LogP) is 2.79. The van der Waals surface area contributed by atoms with Gasteiger partial charge >= 0.3 is 0 Å². The van der Waals surface area contributed by atoms with Gasteiger partial charge in [-0.15, -0.1) is 0 Å². The van der Waals surface area contributed by atoms with Crippen molar-refractivity contribution in [3.05, 3.63) is 59.2 Å². The number of quaternary nitrogens is 1. The summed E-state index contributed by atoms with van der Waals surface area (Å²) in [7, 11) is 0. The molecule has 0 aliphatic carbocycles. The van der Waals surface area contributed by atoms with Gasteiger partial charge in [-0.05, 0) is 43.0 Å². The van der Waals surface area contributed by atoms with Gasteiger partial charge in [0.1, 0.15) is 13.1 Å². The number of rotatable bonds is 7. The molecule has 1 saturated heterocycles. The fraction of sp³-hybridized carbons (Fsp3) is 0.417. The van der Waals surface area contributed by atoms with Crippen molar-refractivity contribution in [2.45, 2.75) is 26.7 Å². The Hall–Kier alpha value is -2.28. The zero-order valence-corrected chi connectivity index (χ0v) is 18.6. The molecule has 1 N–H and O–H groups in total. The molecule has 30 heavy (non-hydrogen) atoms. The lowest BCUT2D eigenvalue weighted by atomic mass is 10.1. The van der Waals surface area contributed by atoms with Gasteiger partial charge in [0.25, 0.3) is 0 Å². The third-order valence-corrected chi connectivity index (χ3v) is 6.93. The summed E-state index contributed by atoms with van der Waals surface area (Å²) in [6.07, 6.45) is 1.25. The van der Waals surface area contributed by atoms with Gasteiger partial charge in [0.15, 0.2) is 5.13 Å². The number of carbonyl (C=O) groups is 1. The van der Waals surface area contributed by atoms with E-state index in [0.29, 0.717) is 13.0 Å². The monoisotopic (exact) mass is 424 g/mol. The number of hydrogen-bond donors (Lipinski definition) is 1. The zero-order valence-electron chi connectivity index (χ0n) is 17.8. The Morgan fingerprint density at radius 3 is 2.70 bits per heavy atom. The molecular formula is C24H30N3O2S+. The van der Waals surface area contributed by atoms with E-state index in [1.54, 1.807) is 11.3 Å². The number of nitrogens with zero attached hydrogens (tertiary/aromatic N) is 2. The lowest BCUT2D eigenvalue weighted by molar-refractivity contribution is -0.906. The molecule has 0 bridgehead atoms. The van der Waals surface area contributed by atoms with Crippen LogP contribution >= 0.6 is 11.3 Å². The van der Waals surface area contributed by atoms with E-state index in [1.165, 1.54) is 26.3 Å². The van der Waals surface area contributed by atoms with E-state index in [-0.39, 0.29) is 5.91 Å². The number of aryl methyl sites for hydroxylation is 3. The summed E-state index contributed by atoms with van der Waals surface area (Å²) in [4.78, 5) is 21.6. The molecule has 5 nitrogen and oxygen atoms in total. The normalized spacial score (nSPS) is 14.9. The number of morpholine rings is 1. The zero-order chi connectivity index (χ0) is 20.9. The Morgan fingerprint density at radius 1 is 1.17 bits per heavy atom. The van der Waals surface area contributed by atoms with Crippen LogP contribution in [0.5, 0.6) is 0 Å². The molecule has 1 aliphatic heterocycles. The van der Waals surface area contributed by atoms with Gasteiger partial charge in [-0.25, -0.2) is 4.98 Å². The van der Waals surface area contributed by atoms with Crippen molar-refractivity contribution in [2.24, 2.45) is 0 Å². The standard InChI is InChI=1S/C24H29N3O2S/c1-18-16-19(2)23-21(17-18)25-24(30-23)27(11-10-26-12-14-29-15-13-26)22(28)9-8-20-6-4-3-5-7-20/h3-7,16-17H,8-15H2,1-2H3/p+1. The highest BCUT2D eigenvalue weighted by atomic mass is 32.1. The van der Waals surface area contributed by atoms with Crippen molar-refractivity contribution in [2.75, 3.05) is 44.3 Å². The maximum Gasteiger partial charge on any atom is 0.229 e. The second-order valence-corrected chi connectivity index (χ2v) is 9.05. The first kappa shape index (κ1) is 21.0. The van der Waals surface area contributed by atoms with Gasteiger partial charge in [-0.3, -0.25) is 9.69 Å². The first-order valence-corrected chi connectivity index (χ1v) is 11.6. The lowest BCUT2D eigenvalue weighted by Crippen LogP contribution is -3.14. The number of carbonyl (C=O) groups excluding carboxylic acids is 1. The number of fused-ring (bicyclic) bond motifs is 1. The minimum absolute atomic E-state index is 0.153. The Labute approximate surface area is 182 Å². The molecule has 0 atom stereocenters. The largest absolute Gasteiger partial charge is 0.370 e. The minimum atomic E-state index is 0.153. The van der Waals surface area contributed by atoms with Crippen molar-refractivity contribution in [3.63, 3.8) is 0 Å². The molecule has 158 valence electrons. The van der Waals surface area contributed by atoms with Gasteiger partial charge < -0.3 is 9.64 Å². The molecule has 0 unspecified atom stereocenters. The molecule has 2 heterocycles. The Balaban J connectivity index is 1.54. The summed E-state index contributed by atoms with van der Waals surface area (Å²) < 4.78 is 6.65. The Morgan fingerprint density at radius 2 is 1.93 bits per heavy atom. The summed E-state index contributed by atoms with van der Waals surface area (Å²) in [6, 6.07) is 14.5. The first-order chi connectivity index (χ1) is 14.6. The Kier molecular flexibility index (Phi) is 6.77.